The quantitative estimate of drug-likeness (QED) is 0.872. The predicted molar refractivity (Wildman–Crippen MR) is 94.4 cm³/mol. The van der Waals surface area contributed by atoms with Crippen molar-refractivity contribution in [1.82, 2.24) is 0 Å². The van der Waals surface area contributed by atoms with Crippen LogP contribution < -0.4 is 5.32 Å². The highest BCUT2D eigenvalue weighted by Crippen LogP contribution is 2.26. The number of hydrogen-bond acceptors (Lipinski definition) is 4. The molecule has 0 spiro atoms. The summed E-state index contributed by atoms with van der Waals surface area (Å²) < 4.78 is 28.3. The Hall–Kier alpha value is -2.18. The minimum atomic E-state index is -3.14. The van der Waals surface area contributed by atoms with Gasteiger partial charge in [0.25, 0.3) is 5.91 Å². The zero-order valence-corrected chi connectivity index (χ0v) is 14.8. The Labute approximate surface area is 142 Å². The molecule has 0 fully saturated rings. The second kappa shape index (κ2) is 7.15. The number of carbonyl (C=O) groups excluding carboxylic acids is 1. The highest BCUT2D eigenvalue weighted by Gasteiger charge is 2.35. The fraction of sp³-hybridized carbons (Fsp3) is 0.278. The summed E-state index contributed by atoms with van der Waals surface area (Å²) in [5.41, 5.74) is 0.737. The number of sulfone groups is 1. The Bertz CT molecular complexity index is 818. The van der Waals surface area contributed by atoms with Crippen LogP contribution in [0.3, 0.4) is 0 Å². The lowest BCUT2D eigenvalue weighted by molar-refractivity contribution is -0.136. The SMILES string of the molecule is COC(C)(C(=O)Nc1cccc(CS(C)(=O)=O)c1)c1ccccc1. The maximum absolute atomic E-state index is 12.7. The van der Waals surface area contributed by atoms with E-state index < -0.39 is 15.4 Å². The first-order valence-electron chi connectivity index (χ1n) is 7.43. The van der Waals surface area contributed by atoms with Gasteiger partial charge in [-0.05, 0) is 30.2 Å². The summed E-state index contributed by atoms with van der Waals surface area (Å²) in [6.07, 6.45) is 1.18. The maximum Gasteiger partial charge on any atom is 0.260 e. The van der Waals surface area contributed by atoms with Crippen molar-refractivity contribution in [3.05, 3.63) is 65.7 Å². The van der Waals surface area contributed by atoms with Gasteiger partial charge in [0.1, 0.15) is 0 Å². The van der Waals surface area contributed by atoms with Crippen LogP contribution in [0.1, 0.15) is 18.1 Å². The molecule has 1 N–H and O–H groups in total. The smallest absolute Gasteiger partial charge is 0.260 e. The second-order valence-electron chi connectivity index (χ2n) is 5.83. The summed E-state index contributed by atoms with van der Waals surface area (Å²) in [7, 11) is -1.66. The van der Waals surface area contributed by atoms with Crippen LogP contribution in [-0.4, -0.2) is 27.7 Å². The molecule has 0 aromatic heterocycles. The van der Waals surface area contributed by atoms with Gasteiger partial charge in [0.05, 0.1) is 5.75 Å². The zero-order chi connectivity index (χ0) is 17.8. The minimum absolute atomic E-state index is 0.0725. The number of rotatable bonds is 6. The Kier molecular flexibility index (Phi) is 5.41. The van der Waals surface area contributed by atoms with E-state index in [9.17, 15) is 13.2 Å². The summed E-state index contributed by atoms with van der Waals surface area (Å²) in [6, 6.07) is 16.0. The van der Waals surface area contributed by atoms with Gasteiger partial charge in [0.2, 0.25) is 0 Å². The summed E-state index contributed by atoms with van der Waals surface area (Å²) in [4.78, 5) is 12.7. The largest absolute Gasteiger partial charge is 0.364 e. The molecule has 1 unspecified atom stereocenters. The Balaban J connectivity index is 2.24. The molecule has 2 rings (SSSR count). The number of amides is 1. The molecule has 0 radical (unpaired) electrons. The second-order valence-corrected chi connectivity index (χ2v) is 7.97. The van der Waals surface area contributed by atoms with Gasteiger partial charge in [0, 0.05) is 19.1 Å². The molecule has 2 aromatic rings. The summed E-state index contributed by atoms with van der Waals surface area (Å²) in [5, 5.41) is 2.80. The van der Waals surface area contributed by atoms with Gasteiger partial charge in [-0.1, -0.05) is 42.5 Å². The van der Waals surface area contributed by atoms with Crippen molar-refractivity contribution in [1.29, 1.82) is 0 Å². The Morgan fingerprint density at radius 3 is 2.38 bits per heavy atom. The van der Waals surface area contributed by atoms with E-state index >= 15 is 0 Å². The number of anilines is 1. The van der Waals surface area contributed by atoms with Gasteiger partial charge in [-0.2, -0.15) is 0 Å². The van der Waals surface area contributed by atoms with Gasteiger partial charge < -0.3 is 10.1 Å². The first kappa shape index (κ1) is 18.2. The van der Waals surface area contributed by atoms with Gasteiger partial charge in [-0.3, -0.25) is 4.79 Å². The van der Waals surface area contributed by atoms with Crippen molar-refractivity contribution < 1.29 is 17.9 Å². The van der Waals surface area contributed by atoms with E-state index in [0.29, 0.717) is 11.3 Å². The van der Waals surface area contributed by atoms with Crippen LogP contribution in [0.4, 0.5) is 5.69 Å². The lowest BCUT2D eigenvalue weighted by Crippen LogP contribution is -2.39. The molecular formula is C18H21NO4S. The molecule has 1 atom stereocenters. The molecule has 5 nitrogen and oxygen atoms in total. The number of nitrogens with one attached hydrogen (secondary N) is 1. The molecule has 24 heavy (non-hydrogen) atoms. The van der Waals surface area contributed by atoms with Crippen LogP contribution in [-0.2, 0) is 30.7 Å². The molecular weight excluding hydrogens is 326 g/mol. The lowest BCUT2D eigenvalue weighted by Gasteiger charge is -2.27. The molecule has 0 saturated heterocycles. The van der Waals surface area contributed by atoms with Crippen molar-refractivity contribution >= 4 is 21.4 Å². The fourth-order valence-electron chi connectivity index (χ4n) is 2.39. The standard InChI is InChI=1S/C18H21NO4S/c1-18(23-2,15-9-5-4-6-10-15)17(20)19-16-11-7-8-14(12-16)13-24(3,21)22/h4-12H,13H2,1-3H3,(H,19,20). The summed E-state index contributed by atoms with van der Waals surface area (Å²) in [6.45, 7) is 1.69. The van der Waals surface area contributed by atoms with Crippen molar-refractivity contribution in [3.8, 4) is 0 Å². The van der Waals surface area contributed by atoms with E-state index in [2.05, 4.69) is 5.32 Å². The number of methoxy groups -OCH3 is 1. The average Bonchev–Trinajstić information content (AvgIpc) is 2.53. The molecule has 2 aromatic carbocycles. The van der Waals surface area contributed by atoms with E-state index in [1.54, 1.807) is 31.2 Å². The third-order valence-corrected chi connectivity index (χ3v) is 4.64. The fourth-order valence-corrected chi connectivity index (χ4v) is 3.17. The molecule has 0 bridgehead atoms. The Morgan fingerprint density at radius 2 is 1.79 bits per heavy atom. The number of benzene rings is 2. The molecule has 0 aliphatic rings. The van der Waals surface area contributed by atoms with Crippen LogP contribution in [0.25, 0.3) is 0 Å². The molecule has 0 saturated carbocycles. The Morgan fingerprint density at radius 1 is 1.12 bits per heavy atom. The topological polar surface area (TPSA) is 72.5 Å². The third kappa shape index (κ3) is 4.43. The van der Waals surface area contributed by atoms with E-state index in [0.717, 1.165) is 5.56 Å². The van der Waals surface area contributed by atoms with Crippen LogP contribution in [0.15, 0.2) is 54.6 Å². The first-order valence-corrected chi connectivity index (χ1v) is 9.49. The minimum Gasteiger partial charge on any atom is -0.364 e. The lowest BCUT2D eigenvalue weighted by atomic mass is 9.94. The highest BCUT2D eigenvalue weighted by atomic mass is 32.2. The van der Waals surface area contributed by atoms with Gasteiger partial charge in [-0.25, -0.2) is 8.42 Å². The number of carbonyl (C=O) groups is 1. The number of hydrogen-bond donors (Lipinski definition) is 1. The third-order valence-electron chi connectivity index (χ3n) is 3.78. The van der Waals surface area contributed by atoms with Crippen LogP contribution in [0.5, 0.6) is 0 Å². The van der Waals surface area contributed by atoms with E-state index in [1.165, 1.54) is 13.4 Å². The number of ether oxygens (including phenoxy) is 1. The molecule has 6 heteroatoms. The maximum atomic E-state index is 12.7. The average molecular weight is 347 g/mol. The van der Waals surface area contributed by atoms with Crippen LogP contribution in [0, 0.1) is 0 Å². The van der Waals surface area contributed by atoms with Crippen LogP contribution in [0.2, 0.25) is 0 Å². The van der Waals surface area contributed by atoms with Gasteiger partial charge in [-0.15, -0.1) is 0 Å². The van der Waals surface area contributed by atoms with Crippen molar-refractivity contribution in [2.45, 2.75) is 18.3 Å². The van der Waals surface area contributed by atoms with Crippen molar-refractivity contribution in [3.63, 3.8) is 0 Å². The van der Waals surface area contributed by atoms with Gasteiger partial charge in [0.15, 0.2) is 15.4 Å². The van der Waals surface area contributed by atoms with Crippen molar-refractivity contribution in [2.24, 2.45) is 0 Å². The highest BCUT2D eigenvalue weighted by molar-refractivity contribution is 7.89. The predicted octanol–water partition coefficient (Wildman–Crippen LogP) is 2.73. The van der Waals surface area contributed by atoms with Crippen LogP contribution >= 0.6 is 0 Å². The summed E-state index contributed by atoms with van der Waals surface area (Å²) in [5.74, 6) is -0.399. The molecule has 0 aliphatic heterocycles. The normalized spacial score (nSPS) is 14.0. The molecule has 128 valence electrons. The first-order chi connectivity index (χ1) is 11.2. The molecule has 0 aliphatic carbocycles. The van der Waals surface area contributed by atoms with E-state index in [4.69, 9.17) is 4.74 Å². The van der Waals surface area contributed by atoms with Gasteiger partial charge >= 0.3 is 0 Å². The monoisotopic (exact) mass is 347 g/mol. The molecule has 1 amide bonds. The summed E-state index contributed by atoms with van der Waals surface area (Å²) >= 11 is 0. The van der Waals surface area contributed by atoms with E-state index in [-0.39, 0.29) is 11.7 Å². The van der Waals surface area contributed by atoms with Crippen molar-refractivity contribution in [2.75, 3.05) is 18.7 Å². The molecule has 0 heterocycles. The zero-order valence-electron chi connectivity index (χ0n) is 13.9. The van der Waals surface area contributed by atoms with E-state index in [1.807, 2.05) is 30.3 Å².